The molecule has 18 heavy (non-hydrogen) atoms. The Labute approximate surface area is 109 Å². The third-order valence-corrected chi connectivity index (χ3v) is 3.57. The lowest BCUT2D eigenvalue weighted by Gasteiger charge is -2.01. The highest BCUT2D eigenvalue weighted by molar-refractivity contribution is 7.20. The summed E-state index contributed by atoms with van der Waals surface area (Å²) in [7, 11) is 0. The predicted octanol–water partition coefficient (Wildman–Crippen LogP) is 4.05. The van der Waals surface area contributed by atoms with Crippen LogP contribution in [0.1, 0.15) is 12.5 Å². The zero-order valence-electron chi connectivity index (χ0n) is 9.96. The molecule has 0 unspecified atom stereocenters. The maximum Gasteiger partial charge on any atom is 0.281 e. The summed E-state index contributed by atoms with van der Waals surface area (Å²) in [6.07, 6.45) is 2.77. The van der Waals surface area contributed by atoms with E-state index >= 15 is 0 Å². The van der Waals surface area contributed by atoms with Crippen LogP contribution in [0.2, 0.25) is 0 Å². The number of thiazole rings is 1. The summed E-state index contributed by atoms with van der Waals surface area (Å²) in [6, 6.07) is 12.0. The van der Waals surface area contributed by atoms with Gasteiger partial charge in [0.15, 0.2) is 5.65 Å². The second-order valence-corrected chi connectivity index (χ2v) is 4.90. The van der Waals surface area contributed by atoms with E-state index in [9.17, 15) is 0 Å². The molecule has 0 aliphatic rings. The fourth-order valence-corrected chi connectivity index (χ4v) is 2.48. The maximum atomic E-state index is 5.73. The van der Waals surface area contributed by atoms with Crippen LogP contribution in [0, 0.1) is 0 Å². The highest BCUT2D eigenvalue weighted by Crippen LogP contribution is 2.30. The van der Waals surface area contributed by atoms with Gasteiger partial charge >= 0.3 is 0 Å². The Kier molecular flexibility index (Phi) is 2.94. The molecule has 0 N–H and O–H groups in total. The lowest BCUT2D eigenvalue weighted by Crippen LogP contribution is -1.84. The minimum atomic E-state index is 0.632. The van der Waals surface area contributed by atoms with E-state index in [4.69, 9.17) is 4.74 Å². The topological polar surface area (TPSA) is 35.0 Å². The first kappa shape index (κ1) is 11.2. The van der Waals surface area contributed by atoms with Crippen LogP contribution in [0.15, 0.2) is 42.6 Å². The van der Waals surface area contributed by atoms with E-state index in [0.717, 1.165) is 22.5 Å². The summed E-state index contributed by atoms with van der Waals surface area (Å²) < 4.78 is 6.77. The van der Waals surface area contributed by atoms with Crippen LogP contribution in [0.5, 0.6) is 10.9 Å². The van der Waals surface area contributed by atoms with Crippen molar-refractivity contribution < 1.29 is 4.74 Å². The minimum absolute atomic E-state index is 0.632. The fraction of sp³-hybridized carbons (Fsp3) is 0.143. The van der Waals surface area contributed by atoms with Gasteiger partial charge in [0, 0.05) is 6.20 Å². The highest BCUT2D eigenvalue weighted by Gasteiger charge is 2.06. The van der Waals surface area contributed by atoms with E-state index in [2.05, 4.69) is 29.0 Å². The molecule has 0 fully saturated rings. The second-order valence-electron chi connectivity index (χ2n) is 3.90. The average molecular weight is 256 g/mol. The van der Waals surface area contributed by atoms with Crippen molar-refractivity contribution in [3.05, 3.63) is 48.2 Å². The van der Waals surface area contributed by atoms with E-state index < -0.39 is 0 Å². The molecule has 0 radical (unpaired) electrons. The molecule has 0 amide bonds. The molecule has 0 aliphatic carbocycles. The van der Waals surface area contributed by atoms with Gasteiger partial charge in [0.05, 0.1) is 4.70 Å². The van der Waals surface area contributed by atoms with Crippen LogP contribution in [0.3, 0.4) is 0 Å². The summed E-state index contributed by atoms with van der Waals surface area (Å²) >= 11 is 1.51. The predicted molar refractivity (Wildman–Crippen MR) is 73.3 cm³/mol. The van der Waals surface area contributed by atoms with E-state index in [-0.39, 0.29) is 0 Å². The molecule has 3 aromatic rings. The molecule has 0 saturated heterocycles. The maximum absolute atomic E-state index is 5.73. The highest BCUT2D eigenvalue weighted by atomic mass is 32.1. The van der Waals surface area contributed by atoms with Crippen molar-refractivity contribution in [3.8, 4) is 10.9 Å². The summed E-state index contributed by atoms with van der Waals surface area (Å²) in [5, 5.41) is 0.632. The van der Waals surface area contributed by atoms with Crippen molar-refractivity contribution in [2.24, 2.45) is 0 Å². The number of fused-ring (bicyclic) bond motifs is 1. The number of benzene rings is 1. The lowest BCUT2D eigenvalue weighted by molar-refractivity contribution is 0.479. The molecule has 2 heterocycles. The first-order valence-corrected chi connectivity index (χ1v) is 6.65. The molecular weight excluding hydrogens is 244 g/mol. The van der Waals surface area contributed by atoms with E-state index in [1.54, 1.807) is 6.20 Å². The Morgan fingerprint density at radius 2 is 2.00 bits per heavy atom. The lowest BCUT2D eigenvalue weighted by atomic mass is 10.2. The van der Waals surface area contributed by atoms with Crippen molar-refractivity contribution in [3.63, 3.8) is 0 Å². The molecule has 3 rings (SSSR count). The van der Waals surface area contributed by atoms with Crippen LogP contribution in [0.25, 0.3) is 10.3 Å². The quantitative estimate of drug-likeness (QED) is 0.709. The van der Waals surface area contributed by atoms with Gasteiger partial charge in [0.25, 0.3) is 5.19 Å². The SMILES string of the molecule is CCc1ccc(Oc2nc3ncccc3s2)cc1. The first-order valence-electron chi connectivity index (χ1n) is 5.83. The third kappa shape index (κ3) is 2.19. The number of hydrogen-bond donors (Lipinski definition) is 0. The molecule has 0 bridgehead atoms. The monoisotopic (exact) mass is 256 g/mol. The molecule has 1 aromatic carbocycles. The van der Waals surface area contributed by atoms with Gasteiger partial charge in [0.2, 0.25) is 0 Å². The van der Waals surface area contributed by atoms with Gasteiger partial charge in [-0.1, -0.05) is 30.4 Å². The number of aryl methyl sites for hydroxylation is 1. The molecule has 0 aliphatic heterocycles. The average Bonchev–Trinajstić information content (AvgIpc) is 2.82. The zero-order valence-corrected chi connectivity index (χ0v) is 10.8. The summed E-state index contributed by atoms with van der Waals surface area (Å²) in [5.41, 5.74) is 2.04. The largest absolute Gasteiger partial charge is 0.431 e. The molecule has 4 heteroatoms. The summed E-state index contributed by atoms with van der Waals surface area (Å²) in [4.78, 5) is 8.53. The first-order chi connectivity index (χ1) is 8.85. The number of hydrogen-bond acceptors (Lipinski definition) is 4. The zero-order chi connectivity index (χ0) is 12.4. The Hall–Kier alpha value is -1.94. The third-order valence-electron chi connectivity index (χ3n) is 2.68. The van der Waals surface area contributed by atoms with Crippen molar-refractivity contribution >= 4 is 21.7 Å². The molecule has 0 atom stereocenters. The van der Waals surface area contributed by atoms with Crippen LogP contribution in [-0.4, -0.2) is 9.97 Å². The van der Waals surface area contributed by atoms with E-state index in [0.29, 0.717) is 5.19 Å². The van der Waals surface area contributed by atoms with Gasteiger partial charge in [-0.15, -0.1) is 0 Å². The van der Waals surface area contributed by atoms with Crippen molar-refractivity contribution in [2.75, 3.05) is 0 Å². The van der Waals surface area contributed by atoms with Crippen LogP contribution >= 0.6 is 11.3 Å². The van der Waals surface area contributed by atoms with Gasteiger partial charge in [-0.25, -0.2) is 4.98 Å². The fourth-order valence-electron chi connectivity index (χ4n) is 1.69. The standard InChI is InChI=1S/C14H12N2OS/c1-2-10-5-7-11(8-6-10)17-14-16-13-12(18-14)4-3-9-15-13/h3-9H,2H2,1H3. The molecule has 90 valence electrons. The normalized spacial score (nSPS) is 10.7. The Morgan fingerprint density at radius 3 is 2.72 bits per heavy atom. The van der Waals surface area contributed by atoms with Gasteiger partial charge in [-0.05, 0) is 36.2 Å². The smallest absolute Gasteiger partial charge is 0.281 e. The number of nitrogens with zero attached hydrogens (tertiary/aromatic N) is 2. The van der Waals surface area contributed by atoms with Crippen LogP contribution in [0.4, 0.5) is 0 Å². The number of ether oxygens (including phenoxy) is 1. The number of aromatic nitrogens is 2. The van der Waals surface area contributed by atoms with Crippen molar-refractivity contribution in [1.29, 1.82) is 0 Å². The molecule has 0 saturated carbocycles. The van der Waals surface area contributed by atoms with E-state index in [1.165, 1.54) is 16.9 Å². The summed E-state index contributed by atoms with van der Waals surface area (Å²) in [6.45, 7) is 2.13. The minimum Gasteiger partial charge on any atom is -0.431 e. The van der Waals surface area contributed by atoms with Gasteiger partial charge in [0.1, 0.15) is 5.75 Å². The molecule has 0 spiro atoms. The van der Waals surface area contributed by atoms with Crippen LogP contribution in [-0.2, 0) is 6.42 Å². The molecule has 2 aromatic heterocycles. The van der Waals surface area contributed by atoms with Gasteiger partial charge in [-0.2, -0.15) is 4.98 Å². The Balaban J connectivity index is 1.86. The van der Waals surface area contributed by atoms with Gasteiger partial charge < -0.3 is 4.74 Å². The number of rotatable bonds is 3. The Morgan fingerprint density at radius 1 is 1.17 bits per heavy atom. The van der Waals surface area contributed by atoms with E-state index in [1.807, 2.05) is 24.3 Å². The Bertz CT molecular complexity index is 628. The van der Waals surface area contributed by atoms with Crippen LogP contribution < -0.4 is 4.74 Å². The second kappa shape index (κ2) is 4.74. The van der Waals surface area contributed by atoms with Gasteiger partial charge in [-0.3, -0.25) is 0 Å². The molecule has 3 nitrogen and oxygen atoms in total. The number of pyridine rings is 1. The van der Waals surface area contributed by atoms with Crippen molar-refractivity contribution in [1.82, 2.24) is 9.97 Å². The molecular formula is C14H12N2OS. The van der Waals surface area contributed by atoms with Crippen molar-refractivity contribution in [2.45, 2.75) is 13.3 Å². The summed E-state index contributed by atoms with van der Waals surface area (Å²) in [5.74, 6) is 0.811.